The lowest BCUT2D eigenvalue weighted by Gasteiger charge is -2.20. The van der Waals surface area contributed by atoms with Gasteiger partial charge in [0.1, 0.15) is 0 Å². The molecule has 122 valence electrons. The van der Waals surface area contributed by atoms with Crippen molar-refractivity contribution >= 4 is 21.6 Å². The molecule has 0 aromatic heterocycles. The van der Waals surface area contributed by atoms with Gasteiger partial charge in [0.15, 0.2) is 0 Å². The molecule has 0 spiro atoms. The zero-order chi connectivity index (χ0) is 16.2. The van der Waals surface area contributed by atoms with Crippen LogP contribution in [0.15, 0.2) is 29.2 Å². The molecule has 0 unspecified atom stereocenters. The molecule has 1 aromatic rings. The summed E-state index contributed by atoms with van der Waals surface area (Å²) < 4.78 is 22.3. The van der Waals surface area contributed by atoms with Crippen molar-refractivity contribution in [2.75, 3.05) is 25.0 Å². The molecule has 0 atom stereocenters. The van der Waals surface area contributed by atoms with Gasteiger partial charge in [0, 0.05) is 24.9 Å². The molecule has 1 fully saturated rings. The molecule has 22 heavy (non-hydrogen) atoms. The summed E-state index contributed by atoms with van der Waals surface area (Å²) in [7, 11) is -3.72. The highest BCUT2D eigenvalue weighted by atomic mass is 32.2. The molecule has 1 aliphatic carbocycles. The number of benzene rings is 1. The second-order valence-electron chi connectivity index (χ2n) is 5.40. The number of aliphatic hydroxyl groups excluding tert-OH is 1. The molecule has 8 heteroatoms. The van der Waals surface area contributed by atoms with Crippen LogP contribution in [0.2, 0.25) is 0 Å². The molecule has 7 nitrogen and oxygen atoms in total. The average molecular weight is 327 g/mol. The summed E-state index contributed by atoms with van der Waals surface area (Å²) in [6.45, 7) is 1.07. The molecular formula is C14H21N3O4S. The lowest BCUT2D eigenvalue weighted by atomic mass is 10.3. The molecule has 4 N–H and O–H groups in total. The van der Waals surface area contributed by atoms with Gasteiger partial charge >= 0.3 is 0 Å². The Balaban J connectivity index is 1.90. The quantitative estimate of drug-likeness (QED) is 0.628. The Labute approximate surface area is 130 Å². The lowest BCUT2D eigenvalue weighted by molar-refractivity contribution is -0.117. The summed E-state index contributed by atoms with van der Waals surface area (Å²) in [5.41, 5.74) is 0.523. The number of hydrogen-bond donors (Lipinski definition) is 3. The molecule has 2 rings (SSSR count). The zero-order valence-electron chi connectivity index (χ0n) is 12.2. The van der Waals surface area contributed by atoms with Crippen molar-refractivity contribution in [2.45, 2.75) is 30.2 Å². The van der Waals surface area contributed by atoms with E-state index in [4.69, 9.17) is 10.2 Å². The van der Waals surface area contributed by atoms with Crippen LogP contribution in [-0.4, -0.2) is 50.1 Å². The standard InChI is InChI=1S/C14H21N3O4S/c15-22(20,21)13-6-2-11(3-7-13)16-14(19)10-17(8-1-9-18)12-4-5-12/h2-3,6-7,12,18H,1,4-5,8-10H2,(H,16,19)(H2,15,20,21). The number of rotatable bonds is 8. The maximum atomic E-state index is 12.0. The van der Waals surface area contributed by atoms with E-state index in [9.17, 15) is 13.2 Å². The van der Waals surface area contributed by atoms with Crippen molar-refractivity contribution in [3.63, 3.8) is 0 Å². The molecule has 0 bridgehead atoms. The maximum Gasteiger partial charge on any atom is 0.238 e. The van der Waals surface area contributed by atoms with Crippen molar-refractivity contribution in [3.8, 4) is 0 Å². The first kappa shape index (κ1) is 16.9. The Morgan fingerprint density at radius 1 is 1.32 bits per heavy atom. The van der Waals surface area contributed by atoms with Crippen LogP contribution in [-0.2, 0) is 14.8 Å². The van der Waals surface area contributed by atoms with E-state index in [1.165, 1.54) is 24.3 Å². The van der Waals surface area contributed by atoms with Crippen molar-refractivity contribution in [1.29, 1.82) is 0 Å². The Morgan fingerprint density at radius 3 is 2.45 bits per heavy atom. The van der Waals surface area contributed by atoms with E-state index in [-0.39, 0.29) is 24.0 Å². The number of primary sulfonamides is 1. The minimum atomic E-state index is -3.72. The van der Waals surface area contributed by atoms with Gasteiger partial charge in [0.2, 0.25) is 15.9 Å². The van der Waals surface area contributed by atoms with Gasteiger partial charge in [-0.15, -0.1) is 0 Å². The first-order chi connectivity index (χ1) is 10.4. The fourth-order valence-corrected chi connectivity index (χ4v) is 2.73. The molecule has 1 amide bonds. The van der Waals surface area contributed by atoms with E-state index in [0.717, 1.165) is 12.8 Å². The van der Waals surface area contributed by atoms with Gasteiger partial charge in [-0.3, -0.25) is 9.69 Å². The Kier molecular flexibility index (Phi) is 5.52. The molecular weight excluding hydrogens is 306 g/mol. The number of carbonyl (C=O) groups is 1. The van der Waals surface area contributed by atoms with Crippen LogP contribution >= 0.6 is 0 Å². The van der Waals surface area contributed by atoms with Crippen LogP contribution in [0.1, 0.15) is 19.3 Å². The third-order valence-electron chi connectivity index (χ3n) is 3.48. The van der Waals surface area contributed by atoms with Crippen LogP contribution in [0.4, 0.5) is 5.69 Å². The highest BCUT2D eigenvalue weighted by molar-refractivity contribution is 7.89. The molecule has 1 saturated carbocycles. The summed E-state index contributed by atoms with van der Waals surface area (Å²) >= 11 is 0. The van der Waals surface area contributed by atoms with E-state index in [0.29, 0.717) is 24.7 Å². The van der Waals surface area contributed by atoms with Crippen LogP contribution in [0, 0.1) is 0 Å². The summed E-state index contributed by atoms with van der Waals surface area (Å²) in [5.74, 6) is -0.159. The third kappa shape index (κ3) is 5.06. The van der Waals surface area contributed by atoms with Gasteiger partial charge in [-0.1, -0.05) is 0 Å². The van der Waals surface area contributed by atoms with Gasteiger partial charge < -0.3 is 10.4 Å². The van der Waals surface area contributed by atoms with Crippen molar-refractivity contribution in [2.24, 2.45) is 5.14 Å². The maximum absolute atomic E-state index is 12.0. The smallest absolute Gasteiger partial charge is 0.238 e. The second kappa shape index (κ2) is 7.19. The zero-order valence-corrected chi connectivity index (χ0v) is 13.1. The van der Waals surface area contributed by atoms with Crippen LogP contribution in [0.3, 0.4) is 0 Å². The summed E-state index contributed by atoms with van der Waals surface area (Å²) in [4.78, 5) is 14.1. The average Bonchev–Trinajstić information content (AvgIpc) is 3.27. The van der Waals surface area contributed by atoms with E-state index < -0.39 is 10.0 Å². The normalized spacial score (nSPS) is 15.0. The van der Waals surface area contributed by atoms with Crippen molar-refractivity contribution in [3.05, 3.63) is 24.3 Å². The predicted molar refractivity (Wildman–Crippen MR) is 82.7 cm³/mol. The Hall–Kier alpha value is -1.48. The first-order valence-corrected chi connectivity index (χ1v) is 8.72. The number of aliphatic hydroxyl groups is 1. The summed E-state index contributed by atoms with van der Waals surface area (Å²) in [5, 5.41) is 16.6. The van der Waals surface area contributed by atoms with E-state index in [2.05, 4.69) is 10.2 Å². The number of amides is 1. The van der Waals surface area contributed by atoms with Gasteiger partial charge in [-0.2, -0.15) is 0 Å². The Morgan fingerprint density at radius 2 is 1.95 bits per heavy atom. The number of nitrogens with one attached hydrogen (secondary N) is 1. The minimum Gasteiger partial charge on any atom is -0.396 e. The monoisotopic (exact) mass is 327 g/mol. The SMILES string of the molecule is NS(=O)(=O)c1ccc(NC(=O)CN(CCCO)C2CC2)cc1. The number of nitrogens with two attached hydrogens (primary N) is 1. The largest absolute Gasteiger partial charge is 0.396 e. The Bertz CT molecular complexity index is 611. The van der Waals surface area contributed by atoms with Crippen LogP contribution < -0.4 is 10.5 Å². The molecule has 1 aromatic carbocycles. The fraction of sp³-hybridized carbons (Fsp3) is 0.500. The number of hydrogen-bond acceptors (Lipinski definition) is 5. The minimum absolute atomic E-state index is 0.00746. The van der Waals surface area contributed by atoms with E-state index in [1.54, 1.807) is 0 Å². The van der Waals surface area contributed by atoms with Gasteiger partial charge in [-0.25, -0.2) is 13.6 Å². The van der Waals surface area contributed by atoms with Crippen molar-refractivity contribution < 1.29 is 18.3 Å². The molecule has 0 radical (unpaired) electrons. The van der Waals surface area contributed by atoms with Gasteiger partial charge in [0.05, 0.1) is 11.4 Å². The fourth-order valence-electron chi connectivity index (χ4n) is 2.22. The highest BCUT2D eigenvalue weighted by Gasteiger charge is 2.29. The summed E-state index contributed by atoms with van der Waals surface area (Å²) in [6.07, 6.45) is 2.82. The lowest BCUT2D eigenvalue weighted by Crippen LogP contribution is -2.36. The number of anilines is 1. The van der Waals surface area contributed by atoms with E-state index in [1.807, 2.05) is 0 Å². The van der Waals surface area contributed by atoms with Crippen LogP contribution in [0.25, 0.3) is 0 Å². The topological polar surface area (TPSA) is 113 Å². The molecule has 0 aliphatic heterocycles. The first-order valence-electron chi connectivity index (χ1n) is 7.18. The number of carbonyl (C=O) groups excluding carboxylic acids is 1. The molecule has 0 saturated heterocycles. The van der Waals surface area contributed by atoms with Gasteiger partial charge in [-0.05, 0) is 43.5 Å². The van der Waals surface area contributed by atoms with E-state index >= 15 is 0 Å². The third-order valence-corrected chi connectivity index (χ3v) is 4.41. The van der Waals surface area contributed by atoms with Gasteiger partial charge in [0.25, 0.3) is 0 Å². The van der Waals surface area contributed by atoms with Crippen LogP contribution in [0.5, 0.6) is 0 Å². The number of nitrogens with zero attached hydrogens (tertiary/aromatic N) is 1. The summed E-state index contributed by atoms with van der Waals surface area (Å²) in [6, 6.07) is 6.16. The molecule has 1 aliphatic rings. The van der Waals surface area contributed by atoms with Crippen molar-refractivity contribution in [1.82, 2.24) is 4.90 Å². The highest BCUT2D eigenvalue weighted by Crippen LogP contribution is 2.26. The second-order valence-corrected chi connectivity index (χ2v) is 6.96. The predicted octanol–water partition coefficient (Wildman–Crippen LogP) is 0.119. The molecule has 0 heterocycles. The number of sulfonamides is 1.